The van der Waals surface area contributed by atoms with Gasteiger partial charge in [0, 0.05) is 57.1 Å². The van der Waals surface area contributed by atoms with E-state index in [4.69, 9.17) is 11.5 Å². The van der Waals surface area contributed by atoms with Crippen LogP contribution in [0.25, 0.3) is 10.9 Å². The third-order valence-electron chi connectivity index (χ3n) is 13.5. The molecule has 2 heterocycles. The van der Waals surface area contributed by atoms with Gasteiger partial charge in [0.05, 0.1) is 13.1 Å². The summed E-state index contributed by atoms with van der Waals surface area (Å²) in [7, 11) is 1.44. The number of aliphatic imine (C=N–C) groups is 1. The lowest BCUT2D eigenvalue weighted by molar-refractivity contribution is -0.142. The molecule has 0 radical (unpaired) electrons. The molecule has 24 nitrogen and oxygen atoms in total. The van der Waals surface area contributed by atoms with Gasteiger partial charge in [-0.25, -0.2) is 0 Å². The Morgan fingerprint density at radius 2 is 1.38 bits per heavy atom. The first-order chi connectivity index (χ1) is 36.4. The third kappa shape index (κ3) is 20.3. The highest BCUT2D eigenvalue weighted by Gasteiger charge is 2.40. The summed E-state index contributed by atoms with van der Waals surface area (Å²) in [6, 6.07) is -0.430. The normalized spacial score (nSPS) is 15.9. The number of likely N-dealkylation sites (tertiary alicyclic amines) is 1. The zero-order valence-corrected chi connectivity index (χ0v) is 46.6. The molecule has 13 N–H and O–H groups in total. The van der Waals surface area contributed by atoms with Gasteiger partial charge >= 0.3 is 0 Å². The second kappa shape index (κ2) is 31.7. The number of nitrogens with zero attached hydrogens (tertiary/aromatic N) is 3. The van der Waals surface area contributed by atoms with E-state index in [2.05, 4.69) is 52.5 Å². The summed E-state index contributed by atoms with van der Waals surface area (Å²) in [5, 5.41) is 22.8. The molecule has 428 valence electrons. The number of benzene rings is 1. The largest absolute Gasteiger partial charge is 0.370 e. The Hall–Kier alpha value is -7.27. The summed E-state index contributed by atoms with van der Waals surface area (Å²) in [6.45, 7) is 15.7. The minimum Gasteiger partial charge on any atom is -0.370 e. The minimum absolute atomic E-state index is 0.0442. The van der Waals surface area contributed by atoms with Crippen molar-refractivity contribution in [2.45, 2.75) is 162 Å². The van der Waals surface area contributed by atoms with Crippen molar-refractivity contribution in [1.29, 1.82) is 0 Å². The van der Waals surface area contributed by atoms with Gasteiger partial charge in [-0.3, -0.25) is 52.9 Å². The molecular formula is C53H86N14O10. The number of nitrogens with two attached hydrogens (primary N) is 2. The summed E-state index contributed by atoms with van der Waals surface area (Å²) >= 11 is 0. The number of guanidine groups is 1. The van der Waals surface area contributed by atoms with Gasteiger partial charge in [-0.2, -0.15) is 0 Å². The lowest BCUT2D eigenvalue weighted by atomic mass is 9.96. The Labute approximate surface area is 452 Å². The van der Waals surface area contributed by atoms with E-state index in [1.807, 2.05) is 52.0 Å². The lowest BCUT2D eigenvalue weighted by Crippen LogP contribution is -2.61. The Bertz CT molecular complexity index is 2390. The molecule has 0 bridgehead atoms. The predicted molar refractivity (Wildman–Crippen MR) is 292 cm³/mol. The molecule has 3 rings (SSSR count). The number of carbonyl (C=O) groups is 10. The van der Waals surface area contributed by atoms with E-state index in [1.165, 1.54) is 23.8 Å². The van der Waals surface area contributed by atoms with E-state index in [-0.39, 0.29) is 62.5 Å². The number of carbonyl (C=O) groups excluding carboxylic acids is 10. The fourth-order valence-corrected chi connectivity index (χ4v) is 8.89. The van der Waals surface area contributed by atoms with Crippen LogP contribution in [0, 0.1) is 17.8 Å². The number of nitrogens with one attached hydrogen (secondary N) is 9. The molecule has 2 aromatic rings. The van der Waals surface area contributed by atoms with Crippen LogP contribution in [0.15, 0.2) is 35.5 Å². The SMILES string of the molecule is CCC[C@H](NC(=O)[C@H](Cc1c[nH]c2ccccc12)NC(=O)[C@@H](CC(C)C)NC(=O)[C@@H](NC(=O)CNC(=O)CN(C)C(C)=O)C(C)C)C(=O)N[C@H](C(=O)N[C@@H](CCCN=C(N)N)C(=O)N1CCC[C@H]1C(=O)NCC)[C@@H](C)CC. The molecular weight excluding hydrogens is 993 g/mol. The molecule has 1 fully saturated rings. The Kier molecular flexibility index (Phi) is 26.4. The Morgan fingerprint density at radius 1 is 0.753 bits per heavy atom. The summed E-state index contributed by atoms with van der Waals surface area (Å²) in [6.07, 6.45) is 4.29. The van der Waals surface area contributed by atoms with Crippen LogP contribution in [0.5, 0.6) is 0 Å². The molecule has 1 aliphatic heterocycles. The number of hydrogen-bond donors (Lipinski definition) is 11. The van der Waals surface area contributed by atoms with Gasteiger partial charge in [-0.15, -0.1) is 0 Å². The van der Waals surface area contributed by atoms with Crippen LogP contribution in [0.3, 0.4) is 0 Å². The van der Waals surface area contributed by atoms with E-state index >= 15 is 0 Å². The van der Waals surface area contributed by atoms with Crippen molar-refractivity contribution in [2.24, 2.45) is 34.2 Å². The number of H-pyrrole nitrogens is 1. The number of para-hydroxylation sites is 1. The monoisotopic (exact) mass is 1080 g/mol. The fraction of sp³-hybridized carbons (Fsp3) is 0.642. The average molecular weight is 1080 g/mol. The van der Waals surface area contributed by atoms with Gasteiger partial charge in [0.15, 0.2) is 5.96 Å². The van der Waals surface area contributed by atoms with Crippen molar-refractivity contribution in [3.63, 3.8) is 0 Å². The van der Waals surface area contributed by atoms with Crippen LogP contribution >= 0.6 is 0 Å². The Morgan fingerprint density at radius 3 is 2.00 bits per heavy atom. The predicted octanol–water partition coefficient (Wildman–Crippen LogP) is -0.0573. The van der Waals surface area contributed by atoms with Crippen LogP contribution in [0.2, 0.25) is 0 Å². The third-order valence-corrected chi connectivity index (χ3v) is 13.5. The van der Waals surface area contributed by atoms with Gasteiger partial charge in [0.2, 0.25) is 59.1 Å². The zero-order valence-electron chi connectivity index (χ0n) is 46.6. The summed E-state index contributed by atoms with van der Waals surface area (Å²) < 4.78 is 0. The molecule has 0 spiro atoms. The summed E-state index contributed by atoms with van der Waals surface area (Å²) in [5.41, 5.74) is 12.5. The quantitative estimate of drug-likeness (QED) is 0.0269. The number of hydrogen-bond acceptors (Lipinski definition) is 11. The molecule has 0 aliphatic carbocycles. The molecule has 1 aromatic heterocycles. The standard InChI is InChI=1S/C53H86N14O10/c1-11-18-37(46(71)65-45(32(8)12-2)51(76)61-38(21-16-23-57-53(54)55)52(77)67-24-17-22-41(67)49(74)56-13-3)60-48(73)40(26-34-27-58-36-20-15-14-19-35(34)36)62-47(72)39(25-30(4)5)63-50(75)44(31(6)7)64-42(69)28-59-43(70)29-66(10)33(9)68/h14-15,19-20,27,30-32,37-41,44-45,58H,11-13,16-18,21-26,28-29H2,1-10H3,(H,56,74)(H,59,70)(H,60,73)(H,61,76)(H,62,72)(H,63,75)(H,64,69)(H,65,71)(H4,54,55,57)/t32-,37-,38-,39+,40-,41-,44-,45-/m0/s1. The highest BCUT2D eigenvalue weighted by Crippen LogP contribution is 2.22. The van der Waals surface area contributed by atoms with Crippen molar-refractivity contribution >= 4 is 75.9 Å². The molecule has 1 aromatic carbocycles. The topological polar surface area (TPSA) is 354 Å². The maximum absolute atomic E-state index is 14.7. The van der Waals surface area contributed by atoms with E-state index in [9.17, 15) is 47.9 Å². The fourth-order valence-electron chi connectivity index (χ4n) is 8.89. The maximum Gasteiger partial charge on any atom is 0.245 e. The average Bonchev–Trinajstić information content (AvgIpc) is 4.04. The smallest absolute Gasteiger partial charge is 0.245 e. The highest BCUT2D eigenvalue weighted by atomic mass is 16.2. The summed E-state index contributed by atoms with van der Waals surface area (Å²) in [4.78, 5) is 146. The maximum atomic E-state index is 14.7. The number of aromatic nitrogens is 1. The Balaban J connectivity index is 1.91. The van der Waals surface area contributed by atoms with Crippen molar-refractivity contribution < 1.29 is 47.9 Å². The van der Waals surface area contributed by atoms with E-state index in [0.29, 0.717) is 50.8 Å². The number of amides is 10. The molecule has 0 saturated carbocycles. The first-order valence-electron chi connectivity index (χ1n) is 26.9. The number of rotatable bonds is 31. The van der Waals surface area contributed by atoms with Crippen LogP contribution in [-0.4, -0.2) is 162 Å². The van der Waals surface area contributed by atoms with Crippen molar-refractivity contribution in [1.82, 2.24) is 57.3 Å². The molecule has 1 saturated heterocycles. The van der Waals surface area contributed by atoms with Gasteiger partial charge in [0.1, 0.15) is 42.3 Å². The van der Waals surface area contributed by atoms with Gasteiger partial charge in [-0.1, -0.05) is 79.5 Å². The van der Waals surface area contributed by atoms with Crippen molar-refractivity contribution in [3.8, 4) is 0 Å². The van der Waals surface area contributed by atoms with Crippen LogP contribution < -0.4 is 54.0 Å². The number of aromatic amines is 1. The van der Waals surface area contributed by atoms with Crippen molar-refractivity contribution in [3.05, 3.63) is 36.0 Å². The second-order valence-corrected chi connectivity index (χ2v) is 20.6. The summed E-state index contributed by atoms with van der Waals surface area (Å²) in [5.74, 6) is -7.00. The second-order valence-electron chi connectivity index (χ2n) is 20.6. The molecule has 0 unspecified atom stereocenters. The highest BCUT2D eigenvalue weighted by molar-refractivity contribution is 5.98. The minimum atomic E-state index is -1.31. The lowest BCUT2D eigenvalue weighted by Gasteiger charge is -2.31. The molecule has 10 amide bonds. The van der Waals surface area contributed by atoms with Crippen molar-refractivity contribution in [2.75, 3.05) is 39.8 Å². The molecule has 24 heteroatoms. The zero-order chi connectivity index (χ0) is 57.5. The first-order valence-corrected chi connectivity index (χ1v) is 26.9. The van der Waals surface area contributed by atoms with E-state index in [0.717, 1.165) is 10.9 Å². The molecule has 1 aliphatic rings. The number of likely N-dealkylation sites (N-methyl/N-ethyl adjacent to an activating group) is 2. The van der Waals surface area contributed by atoms with Gasteiger partial charge in [0.25, 0.3) is 0 Å². The van der Waals surface area contributed by atoms with Crippen LogP contribution in [-0.2, 0) is 54.4 Å². The molecule has 8 atom stereocenters. The van der Waals surface area contributed by atoms with E-state index < -0.39 is 108 Å². The number of fused-ring (bicyclic) bond motifs is 1. The van der Waals surface area contributed by atoms with Gasteiger partial charge < -0.3 is 68.8 Å². The molecule has 77 heavy (non-hydrogen) atoms. The van der Waals surface area contributed by atoms with E-state index in [1.54, 1.807) is 33.9 Å². The van der Waals surface area contributed by atoms with Crippen LogP contribution in [0.4, 0.5) is 0 Å². The van der Waals surface area contributed by atoms with Gasteiger partial charge in [-0.05, 0) is 74.8 Å². The first kappa shape index (κ1) is 64.0. The van der Waals surface area contributed by atoms with Crippen LogP contribution in [0.1, 0.15) is 119 Å².